The van der Waals surface area contributed by atoms with E-state index in [1.165, 1.54) is 11.9 Å². The van der Waals surface area contributed by atoms with Crippen molar-refractivity contribution in [1.82, 2.24) is 4.90 Å². The summed E-state index contributed by atoms with van der Waals surface area (Å²) in [5, 5.41) is 0. The first-order chi connectivity index (χ1) is 7.79. The van der Waals surface area contributed by atoms with Gasteiger partial charge in [-0.1, -0.05) is 6.42 Å². The molecule has 17 heavy (non-hydrogen) atoms. The molecule has 1 saturated carbocycles. The van der Waals surface area contributed by atoms with E-state index in [0.29, 0.717) is 6.42 Å². The van der Waals surface area contributed by atoms with E-state index in [4.69, 9.17) is 5.73 Å². The Morgan fingerprint density at radius 2 is 2.06 bits per heavy atom. The molecule has 1 amide bonds. The van der Waals surface area contributed by atoms with Gasteiger partial charge in [-0.15, -0.1) is 0 Å². The number of hydrogen-bond acceptors (Lipinski definition) is 2. The minimum absolute atomic E-state index is 0.00807. The van der Waals surface area contributed by atoms with Gasteiger partial charge in [-0.2, -0.15) is 13.2 Å². The molecule has 0 aliphatic heterocycles. The van der Waals surface area contributed by atoms with Crippen LogP contribution in [0.25, 0.3) is 0 Å². The van der Waals surface area contributed by atoms with Gasteiger partial charge in [0.05, 0.1) is 6.42 Å². The number of halogens is 3. The topological polar surface area (TPSA) is 46.3 Å². The normalized spacial score (nSPS) is 25.7. The molecule has 1 rings (SSSR count). The van der Waals surface area contributed by atoms with Crippen molar-refractivity contribution < 1.29 is 18.0 Å². The molecule has 1 fully saturated rings. The highest BCUT2D eigenvalue weighted by atomic mass is 19.4. The first-order valence-electron chi connectivity index (χ1n) is 5.87. The molecule has 0 spiro atoms. The average molecular weight is 252 g/mol. The van der Waals surface area contributed by atoms with Crippen molar-refractivity contribution in [2.75, 3.05) is 13.6 Å². The molecule has 0 aromatic rings. The fourth-order valence-electron chi connectivity index (χ4n) is 2.17. The third-order valence-corrected chi connectivity index (χ3v) is 3.17. The first-order valence-corrected chi connectivity index (χ1v) is 5.87. The molecule has 0 aromatic carbocycles. The third kappa shape index (κ3) is 4.93. The highest BCUT2D eigenvalue weighted by Gasteiger charge is 2.31. The molecular formula is C11H19F3N2O. The summed E-state index contributed by atoms with van der Waals surface area (Å²) in [6.07, 6.45) is -2.05. The number of amides is 1. The quantitative estimate of drug-likeness (QED) is 0.834. The van der Waals surface area contributed by atoms with Crippen LogP contribution in [0.15, 0.2) is 0 Å². The summed E-state index contributed by atoms with van der Waals surface area (Å²) >= 11 is 0. The van der Waals surface area contributed by atoms with Crippen molar-refractivity contribution in [1.29, 1.82) is 0 Å². The van der Waals surface area contributed by atoms with Crippen molar-refractivity contribution in [2.24, 2.45) is 11.7 Å². The molecular weight excluding hydrogens is 233 g/mol. The number of carbonyl (C=O) groups is 1. The summed E-state index contributed by atoms with van der Waals surface area (Å²) in [7, 11) is 1.42. The smallest absolute Gasteiger partial charge is 0.345 e. The summed E-state index contributed by atoms with van der Waals surface area (Å²) in [5.74, 6) is -0.401. The lowest BCUT2D eigenvalue weighted by molar-refractivity contribution is -0.146. The SMILES string of the molecule is CN(CCC(F)(F)F)C(=O)C1CCCC(N)C1. The van der Waals surface area contributed by atoms with E-state index < -0.39 is 12.6 Å². The van der Waals surface area contributed by atoms with E-state index in [2.05, 4.69) is 0 Å². The number of rotatable bonds is 3. The van der Waals surface area contributed by atoms with Crippen molar-refractivity contribution >= 4 is 5.91 Å². The number of hydrogen-bond donors (Lipinski definition) is 1. The Hall–Kier alpha value is -0.780. The van der Waals surface area contributed by atoms with Gasteiger partial charge in [-0.25, -0.2) is 0 Å². The number of nitrogens with two attached hydrogens (primary N) is 1. The van der Waals surface area contributed by atoms with Crippen LogP contribution >= 0.6 is 0 Å². The summed E-state index contributed by atoms with van der Waals surface area (Å²) in [4.78, 5) is 13.0. The lowest BCUT2D eigenvalue weighted by Crippen LogP contribution is -2.40. The maximum absolute atomic E-state index is 12.0. The zero-order valence-corrected chi connectivity index (χ0v) is 9.96. The largest absolute Gasteiger partial charge is 0.390 e. The van der Waals surface area contributed by atoms with Crippen LogP contribution in [0.2, 0.25) is 0 Å². The number of nitrogens with zero attached hydrogens (tertiary/aromatic N) is 1. The number of alkyl halides is 3. The van der Waals surface area contributed by atoms with Crippen LogP contribution in [0.1, 0.15) is 32.1 Å². The second-order valence-corrected chi connectivity index (χ2v) is 4.75. The molecule has 100 valence electrons. The fourth-order valence-corrected chi connectivity index (χ4v) is 2.17. The molecule has 2 N–H and O–H groups in total. The predicted octanol–water partition coefficient (Wildman–Crippen LogP) is 1.91. The Morgan fingerprint density at radius 3 is 2.59 bits per heavy atom. The molecule has 1 aliphatic carbocycles. The summed E-state index contributed by atoms with van der Waals surface area (Å²) in [6, 6.07) is 0.00807. The lowest BCUT2D eigenvalue weighted by Gasteiger charge is -2.29. The maximum Gasteiger partial charge on any atom is 0.390 e. The van der Waals surface area contributed by atoms with Gasteiger partial charge < -0.3 is 10.6 Å². The van der Waals surface area contributed by atoms with Crippen molar-refractivity contribution in [3.8, 4) is 0 Å². The van der Waals surface area contributed by atoms with Gasteiger partial charge >= 0.3 is 6.18 Å². The molecule has 0 aromatic heterocycles. The lowest BCUT2D eigenvalue weighted by atomic mass is 9.85. The zero-order valence-electron chi connectivity index (χ0n) is 9.96. The average Bonchev–Trinajstić information content (AvgIpc) is 2.24. The van der Waals surface area contributed by atoms with Crippen molar-refractivity contribution in [3.05, 3.63) is 0 Å². The fraction of sp³-hybridized carbons (Fsp3) is 0.909. The highest BCUT2D eigenvalue weighted by molar-refractivity contribution is 5.78. The van der Waals surface area contributed by atoms with E-state index >= 15 is 0 Å². The molecule has 2 atom stereocenters. The Labute approximate surface area is 99.1 Å². The van der Waals surface area contributed by atoms with E-state index in [1.807, 2.05) is 0 Å². The second kappa shape index (κ2) is 5.71. The molecule has 1 aliphatic rings. The van der Waals surface area contributed by atoms with Crippen LogP contribution in [-0.4, -0.2) is 36.6 Å². The Bertz CT molecular complexity index is 268. The summed E-state index contributed by atoms with van der Waals surface area (Å²) < 4.78 is 36.1. The third-order valence-electron chi connectivity index (χ3n) is 3.17. The van der Waals surface area contributed by atoms with Gasteiger partial charge in [0.1, 0.15) is 0 Å². The van der Waals surface area contributed by atoms with Crippen LogP contribution in [0.4, 0.5) is 13.2 Å². The van der Waals surface area contributed by atoms with E-state index in [-0.39, 0.29) is 24.4 Å². The Balaban J connectivity index is 2.40. The number of carbonyl (C=O) groups excluding carboxylic acids is 1. The molecule has 6 heteroatoms. The predicted molar refractivity (Wildman–Crippen MR) is 58.2 cm³/mol. The van der Waals surface area contributed by atoms with Crippen molar-refractivity contribution in [3.63, 3.8) is 0 Å². The molecule has 0 bridgehead atoms. The molecule has 0 heterocycles. The van der Waals surface area contributed by atoms with Crippen LogP contribution in [0, 0.1) is 5.92 Å². The molecule has 0 saturated heterocycles. The Morgan fingerprint density at radius 1 is 1.41 bits per heavy atom. The minimum atomic E-state index is -4.21. The Kier molecular flexibility index (Phi) is 4.80. The highest BCUT2D eigenvalue weighted by Crippen LogP contribution is 2.25. The van der Waals surface area contributed by atoms with E-state index in [0.717, 1.165) is 19.3 Å². The standard InChI is InChI=1S/C11H19F3N2O/c1-16(6-5-11(12,13)14)10(17)8-3-2-4-9(15)7-8/h8-9H,2-7,15H2,1H3. The van der Waals surface area contributed by atoms with Gasteiger partial charge in [0, 0.05) is 25.6 Å². The van der Waals surface area contributed by atoms with Gasteiger partial charge in [0.2, 0.25) is 5.91 Å². The maximum atomic E-state index is 12.0. The van der Waals surface area contributed by atoms with E-state index in [9.17, 15) is 18.0 Å². The van der Waals surface area contributed by atoms with Crippen LogP contribution < -0.4 is 5.73 Å². The zero-order chi connectivity index (χ0) is 13.1. The van der Waals surface area contributed by atoms with Gasteiger partial charge in [-0.05, 0) is 19.3 Å². The summed E-state index contributed by atoms with van der Waals surface area (Å²) in [5.41, 5.74) is 5.76. The van der Waals surface area contributed by atoms with Crippen LogP contribution in [0.3, 0.4) is 0 Å². The van der Waals surface area contributed by atoms with Crippen molar-refractivity contribution in [2.45, 2.75) is 44.3 Å². The van der Waals surface area contributed by atoms with Crippen LogP contribution in [-0.2, 0) is 4.79 Å². The first kappa shape index (κ1) is 14.3. The van der Waals surface area contributed by atoms with E-state index in [1.54, 1.807) is 0 Å². The molecule has 0 radical (unpaired) electrons. The van der Waals surface area contributed by atoms with Gasteiger partial charge in [-0.3, -0.25) is 4.79 Å². The van der Waals surface area contributed by atoms with Gasteiger partial charge in [0.25, 0.3) is 0 Å². The molecule has 2 unspecified atom stereocenters. The van der Waals surface area contributed by atoms with Crippen LogP contribution in [0.5, 0.6) is 0 Å². The second-order valence-electron chi connectivity index (χ2n) is 4.75. The monoisotopic (exact) mass is 252 g/mol. The molecule has 3 nitrogen and oxygen atoms in total. The minimum Gasteiger partial charge on any atom is -0.345 e. The van der Waals surface area contributed by atoms with Gasteiger partial charge in [0.15, 0.2) is 0 Å². The summed E-state index contributed by atoms with van der Waals surface area (Å²) in [6.45, 7) is -0.270.